The average Bonchev–Trinajstić information content (AvgIpc) is 2.59. The topological polar surface area (TPSA) is 71.7 Å². The maximum Gasteiger partial charge on any atom is 0.161 e. The van der Waals surface area contributed by atoms with E-state index in [1.54, 1.807) is 32.4 Å². The fraction of sp³-hybridized carbons (Fsp3) is 0.167. The van der Waals surface area contributed by atoms with E-state index in [1.807, 2.05) is 18.2 Å². The highest BCUT2D eigenvalue weighted by molar-refractivity contribution is 5.83. The molecule has 0 radical (unpaired) electrons. The Labute approximate surface area is 135 Å². The Hall–Kier alpha value is -3.13. The average molecular weight is 311 g/mol. The Morgan fingerprint density at radius 1 is 0.957 bits per heavy atom. The van der Waals surface area contributed by atoms with Crippen LogP contribution in [0.1, 0.15) is 11.1 Å². The van der Waals surface area contributed by atoms with Crippen molar-refractivity contribution in [2.75, 3.05) is 21.3 Å². The van der Waals surface area contributed by atoms with Crippen LogP contribution < -0.4 is 14.2 Å². The van der Waals surface area contributed by atoms with Crippen LogP contribution in [0.3, 0.4) is 0 Å². The van der Waals surface area contributed by atoms with Crippen molar-refractivity contribution in [1.82, 2.24) is 0 Å². The molecule has 2 aromatic carbocycles. The van der Waals surface area contributed by atoms with Gasteiger partial charge in [0, 0.05) is 12.1 Å². The maximum atomic E-state index is 9.73. The second-order valence-corrected chi connectivity index (χ2v) is 4.68. The van der Waals surface area contributed by atoms with Gasteiger partial charge in [-0.05, 0) is 41.0 Å². The van der Waals surface area contributed by atoms with Crippen molar-refractivity contribution >= 4 is 5.57 Å². The molecule has 0 aliphatic heterocycles. The molecule has 5 heteroatoms. The highest BCUT2D eigenvalue weighted by Crippen LogP contribution is 2.34. The molecule has 0 spiro atoms. The Morgan fingerprint density at radius 2 is 1.61 bits per heavy atom. The molecule has 0 aliphatic rings. The van der Waals surface area contributed by atoms with E-state index in [0.29, 0.717) is 22.8 Å². The van der Waals surface area contributed by atoms with E-state index in [9.17, 15) is 5.11 Å². The van der Waals surface area contributed by atoms with Gasteiger partial charge in [-0.2, -0.15) is 5.26 Å². The third kappa shape index (κ3) is 3.55. The normalized spacial score (nSPS) is 10.8. The standard InChI is InChI=1S/C18H17NO4/c1-21-14-8-13(9-15(11-14)22-2)16(6-7-19)12-4-5-17(20)18(10-12)23-3/h4-6,8-11,20H,1-3H3/b16-6+. The van der Waals surface area contributed by atoms with Crippen LogP contribution in [0, 0.1) is 11.3 Å². The van der Waals surface area contributed by atoms with Crippen molar-refractivity contribution < 1.29 is 19.3 Å². The molecule has 5 nitrogen and oxygen atoms in total. The lowest BCUT2D eigenvalue weighted by Gasteiger charge is -2.13. The molecule has 0 saturated carbocycles. The molecule has 0 unspecified atom stereocenters. The molecule has 2 aromatic rings. The summed E-state index contributed by atoms with van der Waals surface area (Å²) in [5, 5.41) is 18.9. The minimum atomic E-state index is 0.0378. The highest BCUT2D eigenvalue weighted by atomic mass is 16.5. The maximum absolute atomic E-state index is 9.73. The predicted octanol–water partition coefficient (Wildman–Crippen LogP) is 3.37. The van der Waals surface area contributed by atoms with Gasteiger partial charge in [0.15, 0.2) is 11.5 Å². The molecule has 0 fully saturated rings. The lowest BCUT2D eigenvalue weighted by atomic mass is 9.97. The zero-order valence-corrected chi connectivity index (χ0v) is 13.2. The number of ether oxygens (including phenoxy) is 3. The molecule has 0 saturated heterocycles. The third-order valence-electron chi connectivity index (χ3n) is 3.36. The van der Waals surface area contributed by atoms with Gasteiger partial charge in [0.1, 0.15) is 11.5 Å². The molecule has 0 heterocycles. The smallest absolute Gasteiger partial charge is 0.161 e. The molecule has 0 aliphatic carbocycles. The van der Waals surface area contributed by atoms with E-state index in [1.165, 1.54) is 19.3 Å². The van der Waals surface area contributed by atoms with Crippen LogP contribution in [0.25, 0.3) is 5.57 Å². The quantitative estimate of drug-likeness (QED) is 0.857. The lowest BCUT2D eigenvalue weighted by Crippen LogP contribution is -1.94. The fourth-order valence-electron chi connectivity index (χ4n) is 2.21. The van der Waals surface area contributed by atoms with Gasteiger partial charge in [-0.25, -0.2) is 0 Å². The highest BCUT2D eigenvalue weighted by Gasteiger charge is 2.12. The van der Waals surface area contributed by atoms with Crippen LogP contribution >= 0.6 is 0 Å². The van der Waals surface area contributed by atoms with Gasteiger partial charge >= 0.3 is 0 Å². The molecule has 118 valence electrons. The van der Waals surface area contributed by atoms with Gasteiger partial charge in [-0.3, -0.25) is 0 Å². The van der Waals surface area contributed by atoms with Crippen molar-refractivity contribution in [2.45, 2.75) is 0 Å². The first-order valence-corrected chi connectivity index (χ1v) is 6.83. The number of nitrogens with zero attached hydrogens (tertiary/aromatic N) is 1. The predicted molar refractivity (Wildman–Crippen MR) is 86.9 cm³/mol. The Kier molecular flexibility index (Phi) is 5.11. The van der Waals surface area contributed by atoms with Gasteiger partial charge in [0.05, 0.1) is 27.4 Å². The first-order chi connectivity index (χ1) is 11.1. The zero-order chi connectivity index (χ0) is 16.8. The number of nitriles is 1. The second-order valence-electron chi connectivity index (χ2n) is 4.68. The van der Waals surface area contributed by atoms with E-state index in [-0.39, 0.29) is 5.75 Å². The fourth-order valence-corrected chi connectivity index (χ4v) is 2.21. The number of hydrogen-bond acceptors (Lipinski definition) is 5. The van der Waals surface area contributed by atoms with Crippen LogP contribution in [0.2, 0.25) is 0 Å². The summed E-state index contributed by atoms with van der Waals surface area (Å²) >= 11 is 0. The van der Waals surface area contributed by atoms with E-state index in [2.05, 4.69) is 0 Å². The molecule has 1 N–H and O–H groups in total. The van der Waals surface area contributed by atoms with Crippen LogP contribution in [0.4, 0.5) is 0 Å². The molecule has 0 aromatic heterocycles. The minimum Gasteiger partial charge on any atom is -0.504 e. The van der Waals surface area contributed by atoms with Crippen LogP contribution in [-0.2, 0) is 0 Å². The first-order valence-electron chi connectivity index (χ1n) is 6.83. The molecule has 2 rings (SSSR count). The Balaban J connectivity index is 2.60. The van der Waals surface area contributed by atoms with E-state index < -0.39 is 0 Å². The van der Waals surface area contributed by atoms with Crippen molar-refractivity contribution in [3.63, 3.8) is 0 Å². The summed E-state index contributed by atoms with van der Waals surface area (Å²) in [4.78, 5) is 0. The van der Waals surface area contributed by atoms with Crippen molar-refractivity contribution in [2.24, 2.45) is 0 Å². The third-order valence-corrected chi connectivity index (χ3v) is 3.36. The molecule has 23 heavy (non-hydrogen) atoms. The Bertz CT molecular complexity index is 753. The number of rotatable bonds is 5. The van der Waals surface area contributed by atoms with Crippen molar-refractivity contribution in [1.29, 1.82) is 5.26 Å². The summed E-state index contributed by atoms with van der Waals surface area (Å²) in [6.45, 7) is 0. The van der Waals surface area contributed by atoms with Crippen LogP contribution in [-0.4, -0.2) is 26.4 Å². The van der Waals surface area contributed by atoms with E-state index in [0.717, 1.165) is 11.1 Å². The summed E-state index contributed by atoms with van der Waals surface area (Å²) in [5.41, 5.74) is 2.16. The molecular weight excluding hydrogens is 294 g/mol. The summed E-state index contributed by atoms with van der Waals surface area (Å²) in [5.74, 6) is 1.61. The number of methoxy groups -OCH3 is 3. The number of aromatic hydroxyl groups is 1. The van der Waals surface area contributed by atoms with Gasteiger partial charge in [-0.1, -0.05) is 6.07 Å². The number of phenols is 1. The zero-order valence-electron chi connectivity index (χ0n) is 13.2. The van der Waals surface area contributed by atoms with E-state index in [4.69, 9.17) is 19.5 Å². The summed E-state index contributed by atoms with van der Waals surface area (Å²) < 4.78 is 15.7. The van der Waals surface area contributed by atoms with Crippen LogP contribution in [0.15, 0.2) is 42.5 Å². The number of benzene rings is 2. The number of phenolic OH excluding ortho intramolecular Hbond substituents is 1. The van der Waals surface area contributed by atoms with Gasteiger partial charge in [-0.15, -0.1) is 0 Å². The van der Waals surface area contributed by atoms with E-state index >= 15 is 0 Å². The van der Waals surface area contributed by atoms with Crippen molar-refractivity contribution in [3.8, 4) is 29.1 Å². The largest absolute Gasteiger partial charge is 0.504 e. The summed E-state index contributed by atoms with van der Waals surface area (Å²) in [6.07, 6.45) is 1.43. The minimum absolute atomic E-state index is 0.0378. The summed E-state index contributed by atoms with van der Waals surface area (Å²) in [7, 11) is 4.60. The van der Waals surface area contributed by atoms with Gasteiger partial charge < -0.3 is 19.3 Å². The van der Waals surface area contributed by atoms with Crippen LogP contribution in [0.5, 0.6) is 23.0 Å². The molecule has 0 bridgehead atoms. The van der Waals surface area contributed by atoms with Gasteiger partial charge in [0.25, 0.3) is 0 Å². The molecule has 0 amide bonds. The van der Waals surface area contributed by atoms with Crippen molar-refractivity contribution in [3.05, 3.63) is 53.6 Å². The second kappa shape index (κ2) is 7.23. The SMILES string of the molecule is COc1cc(OC)cc(/C(=C/C#N)c2ccc(O)c(OC)c2)c1. The number of hydrogen-bond donors (Lipinski definition) is 1. The molecule has 0 atom stereocenters. The lowest BCUT2D eigenvalue weighted by molar-refractivity contribution is 0.373. The Morgan fingerprint density at radius 3 is 2.13 bits per heavy atom. The number of allylic oxidation sites excluding steroid dienone is 1. The first kappa shape index (κ1) is 16.2. The summed E-state index contributed by atoms with van der Waals surface area (Å²) in [6, 6.07) is 12.3. The monoisotopic (exact) mass is 311 g/mol. The van der Waals surface area contributed by atoms with Gasteiger partial charge in [0.2, 0.25) is 0 Å². The molecular formula is C18H17NO4.